The maximum absolute atomic E-state index is 11.7. The highest BCUT2D eigenvalue weighted by Gasteiger charge is 2.09. The van der Waals surface area contributed by atoms with Crippen LogP contribution in [0.3, 0.4) is 0 Å². The zero-order valence-electron chi connectivity index (χ0n) is 9.79. The van der Waals surface area contributed by atoms with Gasteiger partial charge in [-0.1, -0.05) is 18.2 Å². The zero-order chi connectivity index (χ0) is 11.4. The first-order valence-corrected chi connectivity index (χ1v) is 5.14. The minimum Gasteiger partial charge on any atom is -0.328 e. The number of aryl methyl sites for hydroxylation is 2. The lowest BCUT2D eigenvalue weighted by Gasteiger charge is -2.17. The monoisotopic (exact) mass is 206 g/mol. The van der Waals surface area contributed by atoms with Crippen LogP contribution in [0.4, 0.5) is 10.5 Å². The van der Waals surface area contributed by atoms with Crippen molar-refractivity contribution in [1.82, 2.24) is 4.90 Å². The molecule has 1 aromatic carbocycles. The third kappa shape index (κ3) is 2.72. The van der Waals surface area contributed by atoms with E-state index in [0.717, 1.165) is 16.8 Å². The summed E-state index contributed by atoms with van der Waals surface area (Å²) in [6.45, 7) is 6.64. The number of benzene rings is 1. The molecule has 0 saturated carbocycles. The Morgan fingerprint density at radius 1 is 1.33 bits per heavy atom. The first-order valence-electron chi connectivity index (χ1n) is 5.14. The molecule has 0 unspecified atom stereocenters. The van der Waals surface area contributed by atoms with E-state index in [0.29, 0.717) is 6.54 Å². The maximum Gasteiger partial charge on any atom is 0.321 e. The number of rotatable bonds is 2. The molecule has 0 aliphatic rings. The van der Waals surface area contributed by atoms with E-state index in [9.17, 15) is 4.79 Å². The van der Waals surface area contributed by atoms with Crippen LogP contribution in [-0.4, -0.2) is 24.5 Å². The Labute approximate surface area is 91.1 Å². The van der Waals surface area contributed by atoms with Crippen molar-refractivity contribution in [1.29, 1.82) is 0 Å². The van der Waals surface area contributed by atoms with E-state index in [1.54, 1.807) is 11.9 Å². The van der Waals surface area contributed by atoms with Crippen molar-refractivity contribution in [3.05, 3.63) is 29.3 Å². The molecular formula is C12H18N2O. The number of anilines is 1. The van der Waals surface area contributed by atoms with Crippen LogP contribution in [0.2, 0.25) is 0 Å². The first-order chi connectivity index (χ1) is 7.06. The fourth-order valence-corrected chi connectivity index (χ4v) is 1.36. The summed E-state index contributed by atoms with van der Waals surface area (Å²) >= 11 is 0. The fraction of sp³-hybridized carbons (Fsp3) is 0.417. The minimum atomic E-state index is -0.0603. The second-order valence-corrected chi connectivity index (χ2v) is 3.71. The second-order valence-electron chi connectivity index (χ2n) is 3.71. The molecular weight excluding hydrogens is 188 g/mol. The Morgan fingerprint density at radius 2 is 1.87 bits per heavy atom. The average Bonchev–Trinajstić information content (AvgIpc) is 2.22. The summed E-state index contributed by atoms with van der Waals surface area (Å²) in [7, 11) is 1.78. The second kappa shape index (κ2) is 4.82. The van der Waals surface area contributed by atoms with E-state index >= 15 is 0 Å². The van der Waals surface area contributed by atoms with Gasteiger partial charge in [-0.2, -0.15) is 0 Å². The predicted octanol–water partition coefficient (Wildman–Crippen LogP) is 2.79. The largest absolute Gasteiger partial charge is 0.328 e. The van der Waals surface area contributed by atoms with Gasteiger partial charge < -0.3 is 10.2 Å². The quantitative estimate of drug-likeness (QED) is 0.792. The molecule has 3 heteroatoms. The highest BCUT2D eigenvalue weighted by molar-refractivity contribution is 5.90. The molecule has 3 nitrogen and oxygen atoms in total. The lowest BCUT2D eigenvalue weighted by atomic mass is 10.1. The van der Waals surface area contributed by atoms with Gasteiger partial charge in [0.1, 0.15) is 0 Å². The van der Waals surface area contributed by atoms with Gasteiger partial charge in [-0.3, -0.25) is 0 Å². The van der Waals surface area contributed by atoms with Crippen LogP contribution in [0.1, 0.15) is 18.1 Å². The Hall–Kier alpha value is -1.51. The van der Waals surface area contributed by atoms with Gasteiger partial charge in [-0.25, -0.2) is 4.79 Å². The fourth-order valence-electron chi connectivity index (χ4n) is 1.36. The number of para-hydroxylation sites is 1. The molecule has 82 valence electrons. The molecule has 0 heterocycles. The third-order valence-corrected chi connectivity index (χ3v) is 2.53. The molecule has 0 radical (unpaired) electrons. The summed E-state index contributed by atoms with van der Waals surface area (Å²) in [5, 5.41) is 2.92. The third-order valence-electron chi connectivity index (χ3n) is 2.53. The van der Waals surface area contributed by atoms with E-state index in [1.807, 2.05) is 39.0 Å². The van der Waals surface area contributed by atoms with E-state index in [2.05, 4.69) is 5.32 Å². The maximum atomic E-state index is 11.7. The van der Waals surface area contributed by atoms with E-state index < -0.39 is 0 Å². The molecule has 0 saturated heterocycles. The van der Waals surface area contributed by atoms with Gasteiger partial charge in [0.05, 0.1) is 0 Å². The summed E-state index contributed by atoms with van der Waals surface area (Å²) in [5.41, 5.74) is 3.10. The molecule has 0 aliphatic carbocycles. The summed E-state index contributed by atoms with van der Waals surface area (Å²) < 4.78 is 0. The topological polar surface area (TPSA) is 32.3 Å². The van der Waals surface area contributed by atoms with Crippen molar-refractivity contribution in [3.63, 3.8) is 0 Å². The number of nitrogens with zero attached hydrogens (tertiary/aromatic N) is 1. The first kappa shape index (κ1) is 11.6. The predicted molar refractivity (Wildman–Crippen MR) is 63.2 cm³/mol. The van der Waals surface area contributed by atoms with Crippen LogP contribution in [0, 0.1) is 13.8 Å². The number of hydrogen-bond donors (Lipinski definition) is 1. The molecule has 0 atom stereocenters. The van der Waals surface area contributed by atoms with E-state index in [4.69, 9.17) is 0 Å². The molecule has 15 heavy (non-hydrogen) atoms. The minimum absolute atomic E-state index is 0.0603. The smallest absolute Gasteiger partial charge is 0.321 e. The van der Waals surface area contributed by atoms with Gasteiger partial charge in [0, 0.05) is 19.3 Å². The molecule has 1 aromatic rings. The number of carbonyl (C=O) groups is 1. The molecule has 0 bridgehead atoms. The summed E-state index contributed by atoms with van der Waals surface area (Å²) in [6.07, 6.45) is 0. The molecule has 1 rings (SSSR count). The van der Waals surface area contributed by atoms with Crippen molar-refractivity contribution >= 4 is 11.7 Å². The van der Waals surface area contributed by atoms with Crippen LogP contribution < -0.4 is 5.32 Å². The Kier molecular flexibility index (Phi) is 3.72. The SMILES string of the molecule is CCN(C)C(=O)Nc1c(C)cccc1C. The number of urea groups is 1. The standard InChI is InChI=1S/C12H18N2O/c1-5-14(4)12(15)13-11-9(2)7-6-8-10(11)3/h6-8H,5H2,1-4H3,(H,13,15). The summed E-state index contributed by atoms with van der Waals surface area (Å²) in [5.74, 6) is 0. The average molecular weight is 206 g/mol. The van der Waals surface area contributed by atoms with Crippen molar-refractivity contribution in [2.24, 2.45) is 0 Å². The molecule has 0 fully saturated rings. The molecule has 1 N–H and O–H groups in total. The van der Waals surface area contributed by atoms with Crippen molar-refractivity contribution < 1.29 is 4.79 Å². The molecule has 0 spiro atoms. The molecule has 0 aromatic heterocycles. The van der Waals surface area contributed by atoms with E-state index in [-0.39, 0.29) is 6.03 Å². The zero-order valence-corrected chi connectivity index (χ0v) is 9.79. The Bertz CT molecular complexity index is 340. The van der Waals surface area contributed by atoms with Gasteiger partial charge >= 0.3 is 6.03 Å². The molecule has 2 amide bonds. The number of hydrogen-bond acceptors (Lipinski definition) is 1. The van der Waals surface area contributed by atoms with Crippen molar-refractivity contribution in [3.8, 4) is 0 Å². The van der Waals surface area contributed by atoms with Crippen LogP contribution in [-0.2, 0) is 0 Å². The van der Waals surface area contributed by atoms with Crippen LogP contribution in [0.15, 0.2) is 18.2 Å². The molecule has 0 aliphatic heterocycles. The lowest BCUT2D eigenvalue weighted by molar-refractivity contribution is 0.224. The van der Waals surface area contributed by atoms with Crippen molar-refractivity contribution in [2.45, 2.75) is 20.8 Å². The highest BCUT2D eigenvalue weighted by atomic mass is 16.2. The van der Waals surface area contributed by atoms with Crippen LogP contribution >= 0.6 is 0 Å². The number of amides is 2. The van der Waals surface area contributed by atoms with Gasteiger partial charge in [0.15, 0.2) is 0 Å². The van der Waals surface area contributed by atoms with E-state index in [1.165, 1.54) is 0 Å². The van der Waals surface area contributed by atoms with Gasteiger partial charge in [0.25, 0.3) is 0 Å². The number of carbonyl (C=O) groups excluding carboxylic acids is 1. The summed E-state index contributed by atoms with van der Waals surface area (Å²) in [6, 6.07) is 5.92. The van der Waals surface area contributed by atoms with Gasteiger partial charge in [0.2, 0.25) is 0 Å². The Balaban J connectivity index is 2.85. The Morgan fingerprint density at radius 3 is 2.33 bits per heavy atom. The lowest BCUT2D eigenvalue weighted by Crippen LogP contribution is -2.31. The number of nitrogens with one attached hydrogen (secondary N) is 1. The van der Waals surface area contributed by atoms with Crippen LogP contribution in [0.5, 0.6) is 0 Å². The van der Waals surface area contributed by atoms with Gasteiger partial charge in [-0.05, 0) is 31.9 Å². The summed E-state index contributed by atoms with van der Waals surface area (Å²) in [4.78, 5) is 13.3. The van der Waals surface area contributed by atoms with Gasteiger partial charge in [-0.15, -0.1) is 0 Å². The van der Waals surface area contributed by atoms with Crippen molar-refractivity contribution in [2.75, 3.05) is 18.9 Å². The normalized spacial score (nSPS) is 9.87. The van der Waals surface area contributed by atoms with Crippen LogP contribution in [0.25, 0.3) is 0 Å². The highest BCUT2D eigenvalue weighted by Crippen LogP contribution is 2.19.